The van der Waals surface area contributed by atoms with Gasteiger partial charge < -0.3 is 15.2 Å². The van der Waals surface area contributed by atoms with Gasteiger partial charge in [0.1, 0.15) is 5.52 Å². The van der Waals surface area contributed by atoms with Crippen molar-refractivity contribution in [2.75, 3.05) is 5.32 Å². The molecule has 0 radical (unpaired) electrons. The van der Waals surface area contributed by atoms with E-state index >= 15 is 0 Å². The highest BCUT2D eigenvalue weighted by Crippen LogP contribution is 2.34. The Kier molecular flexibility index (Phi) is 4.62. The molecular formula is C17H18F2N2O3. The first kappa shape index (κ1) is 16.6. The predicted octanol–water partition coefficient (Wildman–Crippen LogP) is 3.47. The summed E-state index contributed by atoms with van der Waals surface area (Å²) in [7, 11) is 0. The Morgan fingerprint density at radius 3 is 2.79 bits per heavy atom. The zero-order valence-corrected chi connectivity index (χ0v) is 13.0. The van der Waals surface area contributed by atoms with Gasteiger partial charge in [0.2, 0.25) is 5.91 Å². The van der Waals surface area contributed by atoms with Gasteiger partial charge in [-0.05, 0) is 37.1 Å². The average molecular weight is 336 g/mol. The van der Waals surface area contributed by atoms with E-state index in [1.54, 1.807) is 12.1 Å². The Morgan fingerprint density at radius 2 is 2.08 bits per heavy atom. The summed E-state index contributed by atoms with van der Waals surface area (Å²) in [4.78, 5) is 16.3. The zero-order chi connectivity index (χ0) is 17.2. The highest BCUT2D eigenvalue weighted by atomic mass is 19.3. The lowest BCUT2D eigenvalue weighted by atomic mass is 9.97. The molecule has 1 heterocycles. The van der Waals surface area contributed by atoms with Crippen molar-refractivity contribution in [2.24, 2.45) is 0 Å². The standard InChI is InChI=1S/C17H18F2N2O3/c18-16(19)24-13-6-5-12(11-4-3-9-20-15(11)13)21-14(22)10-17(23)7-1-2-8-17/h3-6,9,16,23H,1-2,7-8,10H2,(H,21,22). The van der Waals surface area contributed by atoms with E-state index < -0.39 is 12.2 Å². The summed E-state index contributed by atoms with van der Waals surface area (Å²) in [5.41, 5.74) is -0.252. The number of nitrogens with one attached hydrogen (secondary N) is 1. The van der Waals surface area contributed by atoms with Gasteiger partial charge in [-0.3, -0.25) is 9.78 Å². The van der Waals surface area contributed by atoms with Crippen molar-refractivity contribution in [3.8, 4) is 5.75 Å². The fraction of sp³-hybridized carbons (Fsp3) is 0.412. The highest BCUT2D eigenvalue weighted by molar-refractivity contribution is 6.03. The summed E-state index contributed by atoms with van der Waals surface area (Å²) in [6.45, 7) is -2.95. The van der Waals surface area contributed by atoms with Crippen molar-refractivity contribution >= 4 is 22.5 Å². The van der Waals surface area contributed by atoms with Gasteiger partial charge in [0.15, 0.2) is 5.75 Å². The number of amides is 1. The molecule has 1 aromatic heterocycles. The number of pyridine rings is 1. The summed E-state index contributed by atoms with van der Waals surface area (Å²) < 4.78 is 29.4. The molecule has 128 valence electrons. The van der Waals surface area contributed by atoms with Crippen LogP contribution in [0.5, 0.6) is 5.75 Å². The van der Waals surface area contributed by atoms with Crippen molar-refractivity contribution in [1.29, 1.82) is 0 Å². The van der Waals surface area contributed by atoms with Gasteiger partial charge in [0, 0.05) is 11.6 Å². The minimum atomic E-state index is -2.95. The van der Waals surface area contributed by atoms with Gasteiger partial charge in [0.05, 0.1) is 17.7 Å². The molecule has 7 heteroatoms. The van der Waals surface area contributed by atoms with Crippen LogP contribution in [0.1, 0.15) is 32.1 Å². The monoisotopic (exact) mass is 336 g/mol. The predicted molar refractivity (Wildman–Crippen MR) is 85.0 cm³/mol. The topological polar surface area (TPSA) is 71.5 Å². The molecule has 1 fully saturated rings. The number of carbonyl (C=O) groups excluding carboxylic acids is 1. The van der Waals surface area contributed by atoms with Gasteiger partial charge in [-0.1, -0.05) is 12.8 Å². The number of ether oxygens (including phenoxy) is 1. The second kappa shape index (κ2) is 6.68. The summed E-state index contributed by atoms with van der Waals surface area (Å²) in [5, 5.41) is 13.6. The Bertz CT molecular complexity index is 746. The molecule has 1 aromatic carbocycles. The summed E-state index contributed by atoms with van der Waals surface area (Å²) in [6.07, 6.45) is 4.54. The van der Waals surface area contributed by atoms with Gasteiger partial charge >= 0.3 is 6.61 Å². The highest BCUT2D eigenvalue weighted by Gasteiger charge is 2.33. The maximum Gasteiger partial charge on any atom is 0.387 e. The molecule has 0 spiro atoms. The molecule has 0 saturated heterocycles. The summed E-state index contributed by atoms with van der Waals surface area (Å²) in [6, 6.07) is 6.16. The average Bonchev–Trinajstić information content (AvgIpc) is 2.95. The number of anilines is 1. The van der Waals surface area contributed by atoms with Crippen LogP contribution in [-0.2, 0) is 4.79 Å². The maximum atomic E-state index is 12.5. The van der Waals surface area contributed by atoms with Crippen LogP contribution in [0.2, 0.25) is 0 Å². The van der Waals surface area contributed by atoms with Crippen molar-refractivity contribution in [3.63, 3.8) is 0 Å². The molecule has 5 nitrogen and oxygen atoms in total. The van der Waals surface area contributed by atoms with Crippen molar-refractivity contribution < 1.29 is 23.4 Å². The second-order valence-corrected chi connectivity index (χ2v) is 6.05. The minimum Gasteiger partial charge on any atom is -0.432 e. The summed E-state index contributed by atoms with van der Waals surface area (Å²) in [5.74, 6) is -0.361. The van der Waals surface area contributed by atoms with Crippen LogP contribution in [-0.4, -0.2) is 28.2 Å². The molecule has 1 aliphatic rings. The van der Waals surface area contributed by atoms with Crippen LogP contribution >= 0.6 is 0 Å². The number of benzene rings is 1. The van der Waals surface area contributed by atoms with Gasteiger partial charge in [-0.2, -0.15) is 8.78 Å². The van der Waals surface area contributed by atoms with Crippen LogP contribution in [0, 0.1) is 0 Å². The van der Waals surface area contributed by atoms with E-state index in [4.69, 9.17) is 0 Å². The SMILES string of the molecule is O=C(CC1(O)CCCC1)Nc1ccc(OC(F)F)c2ncccc12. The lowest BCUT2D eigenvalue weighted by Crippen LogP contribution is -2.30. The Morgan fingerprint density at radius 1 is 1.33 bits per heavy atom. The summed E-state index contributed by atoms with van der Waals surface area (Å²) >= 11 is 0. The van der Waals surface area contributed by atoms with Crippen LogP contribution in [0.3, 0.4) is 0 Å². The van der Waals surface area contributed by atoms with Crippen LogP contribution in [0.4, 0.5) is 14.5 Å². The second-order valence-electron chi connectivity index (χ2n) is 6.05. The third-order valence-corrected chi connectivity index (χ3v) is 4.25. The number of aromatic nitrogens is 1. The fourth-order valence-electron chi connectivity index (χ4n) is 3.15. The normalized spacial score (nSPS) is 16.5. The number of hydrogen-bond donors (Lipinski definition) is 2. The number of halogens is 2. The zero-order valence-electron chi connectivity index (χ0n) is 13.0. The van der Waals surface area contributed by atoms with Gasteiger partial charge in [0.25, 0.3) is 0 Å². The molecule has 3 rings (SSSR count). The Hall–Kier alpha value is -2.28. The van der Waals surface area contributed by atoms with E-state index in [2.05, 4.69) is 15.0 Å². The minimum absolute atomic E-state index is 0.0179. The van der Waals surface area contributed by atoms with Crippen LogP contribution in [0.25, 0.3) is 10.9 Å². The van der Waals surface area contributed by atoms with Crippen LogP contribution < -0.4 is 10.1 Å². The van der Waals surface area contributed by atoms with Crippen molar-refractivity contribution in [1.82, 2.24) is 4.98 Å². The Labute approximate surface area is 137 Å². The van der Waals surface area contributed by atoms with Gasteiger partial charge in [-0.15, -0.1) is 0 Å². The number of fused-ring (bicyclic) bond motifs is 1. The van der Waals surface area contributed by atoms with E-state index in [1.165, 1.54) is 18.3 Å². The van der Waals surface area contributed by atoms with Gasteiger partial charge in [-0.25, -0.2) is 0 Å². The lowest BCUT2D eigenvalue weighted by Gasteiger charge is -2.21. The number of aliphatic hydroxyl groups is 1. The first-order valence-electron chi connectivity index (χ1n) is 7.82. The number of alkyl halides is 2. The molecule has 0 bridgehead atoms. The van der Waals surface area contributed by atoms with E-state index in [0.717, 1.165) is 12.8 Å². The van der Waals surface area contributed by atoms with Crippen molar-refractivity contribution in [2.45, 2.75) is 44.3 Å². The molecule has 0 atom stereocenters. The lowest BCUT2D eigenvalue weighted by molar-refractivity contribution is -0.120. The van der Waals surface area contributed by atoms with E-state index in [9.17, 15) is 18.7 Å². The molecule has 0 aliphatic heterocycles. The maximum absolute atomic E-state index is 12.5. The largest absolute Gasteiger partial charge is 0.432 e. The van der Waals surface area contributed by atoms with Crippen molar-refractivity contribution in [3.05, 3.63) is 30.5 Å². The van der Waals surface area contributed by atoms with E-state index in [1.807, 2.05) is 0 Å². The smallest absolute Gasteiger partial charge is 0.387 e. The number of rotatable bonds is 5. The molecular weight excluding hydrogens is 318 g/mol. The molecule has 0 unspecified atom stereocenters. The first-order valence-corrected chi connectivity index (χ1v) is 7.82. The first-order chi connectivity index (χ1) is 11.5. The molecule has 1 aliphatic carbocycles. The quantitative estimate of drug-likeness (QED) is 0.877. The number of carbonyl (C=O) groups is 1. The van der Waals surface area contributed by atoms with E-state index in [0.29, 0.717) is 23.9 Å². The molecule has 2 N–H and O–H groups in total. The van der Waals surface area contributed by atoms with Crippen LogP contribution in [0.15, 0.2) is 30.5 Å². The van der Waals surface area contributed by atoms with E-state index in [-0.39, 0.29) is 23.6 Å². The number of hydrogen-bond acceptors (Lipinski definition) is 4. The number of nitrogens with zero attached hydrogens (tertiary/aromatic N) is 1. The third-order valence-electron chi connectivity index (χ3n) is 4.25. The molecule has 24 heavy (non-hydrogen) atoms. The Balaban J connectivity index is 1.83. The molecule has 1 amide bonds. The molecule has 2 aromatic rings. The molecule has 1 saturated carbocycles. The fourth-order valence-corrected chi connectivity index (χ4v) is 3.15. The third kappa shape index (κ3) is 3.62.